The molecule has 1 saturated heterocycles. The number of hydrogen-bond acceptors (Lipinski definition) is 4. The molecule has 1 aliphatic rings. The zero-order chi connectivity index (χ0) is 20.0. The van der Waals surface area contributed by atoms with Crippen molar-refractivity contribution in [2.75, 3.05) is 30.2 Å². The Bertz CT molecular complexity index is 874. The monoisotopic (exact) mass is 402 g/mol. The molecule has 1 amide bonds. The average Bonchev–Trinajstić information content (AvgIpc) is 2.96. The van der Waals surface area contributed by atoms with E-state index in [2.05, 4.69) is 0 Å². The molecule has 1 aliphatic heterocycles. The largest absolute Gasteiger partial charge is 0.457 e. The van der Waals surface area contributed by atoms with E-state index >= 15 is 0 Å². The van der Waals surface area contributed by atoms with Crippen LogP contribution in [0.3, 0.4) is 0 Å². The Hall–Kier alpha value is -2.54. The van der Waals surface area contributed by atoms with Gasteiger partial charge < -0.3 is 9.64 Å². The summed E-state index contributed by atoms with van der Waals surface area (Å²) in [4.78, 5) is 14.5. The van der Waals surface area contributed by atoms with Crippen molar-refractivity contribution in [1.29, 1.82) is 0 Å². The molecule has 2 aromatic rings. The van der Waals surface area contributed by atoms with Crippen LogP contribution in [0.2, 0.25) is 0 Å². The Labute approximate surface area is 166 Å². The molecular weight excluding hydrogens is 376 g/mol. The minimum absolute atomic E-state index is 0.156. The Morgan fingerprint density at radius 2 is 1.50 bits per heavy atom. The number of anilines is 1. The molecule has 1 heterocycles. The van der Waals surface area contributed by atoms with Gasteiger partial charge in [0.15, 0.2) is 0 Å². The molecule has 0 N–H and O–H groups in total. The molecule has 28 heavy (non-hydrogen) atoms. The normalized spacial score (nSPS) is 15.0. The van der Waals surface area contributed by atoms with Gasteiger partial charge in [-0.15, -0.1) is 0 Å². The van der Waals surface area contributed by atoms with E-state index < -0.39 is 10.0 Å². The fourth-order valence-electron chi connectivity index (χ4n) is 3.25. The van der Waals surface area contributed by atoms with Crippen LogP contribution in [0.4, 0.5) is 5.69 Å². The van der Waals surface area contributed by atoms with E-state index in [0.29, 0.717) is 30.3 Å². The number of para-hydroxylation sites is 1. The maximum atomic E-state index is 12.7. The van der Waals surface area contributed by atoms with Crippen LogP contribution < -0.4 is 9.04 Å². The summed E-state index contributed by atoms with van der Waals surface area (Å²) in [5, 5.41) is 0. The lowest BCUT2D eigenvalue weighted by Crippen LogP contribution is -2.43. The molecule has 150 valence electrons. The van der Waals surface area contributed by atoms with Gasteiger partial charge in [-0.25, -0.2) is 8.42 Å². The summed E-state index contributed by atoms with van der Waals surface area (Å²) in [6.45, 7) is 1.21. The van der Waals surface area contributed by atoms with Gasteiger partial charge >= 0.3 is 0 Å². The highest BCUT2D eigenvalue weighted by Crippen LogP contribution is 2.25. The topological polar surface area (TPSA) is 66.9 Å². The van der Waals surface area contributed by atoms with Crippen LogP contribution >= 0.6 is 0 Å². The molecule has 0 spiro atoms. The van der Waals surface area contributed by atoms with Gasteiger partial charge in [0.25, 0.3) is 0 Å². The lowest BCUT2D eigenvalue weighted by molar-refractivity contribution is -0.129. The van der Waals surface area contributed by atoms with Crippen molar-refractivity contribution in [3.05, 3.63) is 54.6 Å². The van der Waals surface area contributed by atoms with Crippen LogP contribution in [0.25, 0.3) is 0 Å². The maximum absolute atomic E-state index is 12.7. The number of rotatable bonds is 6. The molecule has 0 bridgehead atoms. The van der Waals surface area contributed by atoms with Gasteiger partial charge in [0.05, 0.1) is 11.9 Å². The second-order valence-corrected chi connectivity index (χ2v) is 8.88. The Morgan fingerprint density at radius 3 is 2.07 bits per heavy atom. The Morgan fingerprint density at radius 1 is 0.929 bits per heavy atom. The number of ether oxygens (including phenoxy) is 1. The standard InChI is InChI=1S/C21H26N2O4S/c1-28(25,26)23(17-21(24)22-15-7-2-3-8-16-22)18-11-13-20(14-12-18)27-19-9-5-4-6-10-19/h4-6,9-14H,2-3,7-8,15-17H2,1H3. The van der Waals surface area contributed by atoms with Crippen LogP contribution in [-0.2, 0) is 14.8 Å². The lowest BCUT2D eigenvalue weighted by Gasteiger charge is -2.26. The van der Waals surface area contributed by atoms with Gasteiger partial charge in [0.2, 0.25) is 15.9 Å². The first-order valence-electron chi connectivity index (χ1n) is 9.52. The summed E-state index contributed by atoms with van der Waals surface area (Å²) < 4.78 is 31.5. The molecule has 0 aromatic heterocycles. The van der Waals surface area contributed by atoms with Crippen molar-refractivity contribution in [2.24, 2.45) is 0 Å². The molecule has 0 atom stereocenters. The van der Waals surface area contributed by atoms with Crippen molar-refractivity contribution < 1.29 is 17.9 Å². The van der Waals surface area contributed by atoms with Crippen molar-refractivity contribution in [3.63, 3.8) is 0 Å². The van der Waals surface area contributed by atoms with Crippen molar-refractivity contribution in [2.45, 2.75) is 25.7 Å². The molecule has 3 rings (SSSR count). The number of likely N-dealkylation sites (tertiary alicyclic amines) is 1. The fourth-order valence-corrected chi connectivity index (χ4v) is 4.10. The summed E-state index contributed by atoms with van der Waals surface area (Å²) >= 11 is 0. The summed E-state index contributed by atoms with van der Waals surface area (Å²) in [5.74, 6) is 1.14. The van der Waals surface area contributed by atoms with Gasteiger partial charge in [0.1, 0.15) is 18.0 Å². The molecule has 6 nitrogen and oxygen atoms in total. The van der Waals surface area contributed by atoms with E-state index in [1.807, 2.05) is 30.3 Å². The first-order chi connectivity index (χ1) is 13.4. The predicted molar refractivity (Wildman–Crippen MR) is 110 cm³/mol. The highest BCUT2D eigenvalue weighted by atomic mass is 32.2. The molecule has 1 fully saturated rings. The third kappa shape index (κ3) is 5.48. The molecule has 7 heteroatoms. The Kier molecular flexibility index (Phi) is 6.57. The van der Waals surface area contributed by atoms with E-state index in [9.17, 15) is 13.2 Å². The number of nitrogens with zero attached hydrogens (tertiary/aromatic N) is 2. The molecule has 0 radical (unpaired) electrons. The molecule has 0 aliphatic carbocycles. The van der Waals surface area contributed by atoms with Gasteiger partial charge in [-0.1, -0.05) is 31.0 Å². The SMILES string of the molecule is CS(=O)(=O)N(CC(=O)N1CCCCCC1)c1ccc(Oc2ccccc2)cc1. The third-order valence-electron chi connectivity index (χ3n) is 4.74. The van der Waals surface area contributed by atoms with E-state index in [4.69, 9.17) is 4.74 Å². The predicted octanol–water partition coefficient (Wildman–Crippen LogP) is 3.65. The second kappa shape index (κ2) is 9.10. The van der Waals surface area contributed by atoms with E-state index in [-0.39, 0.29) is 12.5 Å². The van der Waals surface area contributed by atoms with E-state index in [0.717, 1.165) is 36.2 Å². The van der Waals surface area contributed by atoms with Gasteiger partial charge in [0, 0.05) is 13.1 Å². The van der Waals surface area contributed by atoms with Crippen molar-refractivity contribution >= 4 is 21.6 Å². The smallest absolute Gasteiger partial charge is 0.243 e. The minimum atomic E-state index is -3.59. The van der Waals surface area contributed by atoms with Crippen LogP contribution in [0.5, 0.6) is 11.5 Å². The second-order valence-electron chi connectivity index (χ2n) is 6.97. The first kappa shape index (κ1) is 20.2. The third-order valence-corrected chi connectivity index (χ3v) is 5.88. The van der Waals surface area contributed by atoms with Crippen LogP contribution in [0, 0.1) is 0 Å². The summed E-state index contributed by atoms with van der Waals surface area (Å²) in [7, 11) is -3.59. The molecular formula is C21H26N2O4S. The summed E-state index contributed by atoms with van der Waals surface area (Å²) in [6, 6.07) is 16.1. The summed E-state index contributed by atoms with van der Waals surface area (Å²) in [5.41, 5.74) is 0.450. The maximum Gasteiger partial charge on any atom is 0.243 e. The van der Waals surface area contributed by atoms with Gasteiger partial charge in [-0.2, -0.15) is 0 Å². The molecule has 2 aromatic carbocycles. The zero-order valence-corrected chi connectivity index (χ0v) is 16.9. The number of hydrogen-bond donors (Lipinski definition) is 0. The van der Waals surface area contributed by atoms with E-state index in [1.54, 1.807) is 29.2 Å². The van der Waals surface area contributed by atoms with Crippen molar-refractivity contribution in [1.82, 2.24) is 4.90 Å². The Balaban J connectivity index is 1.73. The summed E-state index contributed by atoms with van der Waals surface area (Å²) in [6.07, 6.45) is 5.29. The lowest BCUT2D eigenvalue weighted by atomic mass is 10.2. The molecule has 0 unspecified atom stereocenters. The quantitative estimate of drug-likeness (QED) is 0.740. The van der Waals surface area contributed by atoms with Crippen LogP contribution in [0.15, 0.2) is 54.6 Å². The van der Waals surface area contributed by atoms with Gasteiger partial charge in [-0.05, 0) is 49.2 Å². The number of sulfonamides is 1. The number of benzene rings is 2. The average molecular weight is 403 g/mol. The van der Waals surface area contributed by atoms with E-state index in [1.165, 1.54) is 0 Å². The van der Waals surface area contributed by atoms with Crippen molar-refractivity contribution in [3.8, 4) is 11.5 Å². The number of carbonyl (C=O) groups is 1. The first-order valence-corrected chi connectivity index (χ1v) is 11.4. The number of amides is 1. The molecule has 0 saturated carbocycles. The fraction of sp³-hybridized carbons (Fsp3) is 0.381. The highest BCUT2D eigenvalue weighted by molar-refractivity contribution is 7.92. The number of carbonyl (C=O) groups excluding carboxylic acids is 1. The highest BCUT2D eigenvalue weighted by Gasteiger charge is 2.24. The minimum Gasteiger partial charge on any atom is -0.457 e. The van der Waals surface area contributed by atoms with Crippen LogP contribution in [-0.4, -0.2) is 45.1 Å². The zero-order valence-electron chi connectivity index (χ0n) is 16.1. The van der Waals surface area contributed by atoms with Gasteiger partial charge in [-0.3, -0.25) is 9.10 Å². The van der Waals surface area contributed by atoms with Crippen LogP contribution in [0.1, 0.15) is 25.7 Å².